The number of hydrogen-bond donors (Lipinski definition) is 1. The molecule has 2 rings (SSSR count). The van der Waals surface area contributed by atoms with Crippen molar-refractivity contribution >= 4 is 5.82 Å². The molecule has 0 aromatic carbocycles. The third kappa shape index (κ3) is 1.98. The maximum Gasteiger partial charge on any atom is 0.126 e. The first-order valence-corrected chi connectivity index (χ1v) is 6.35. The fraction of sp³-hybridized carbons (Fsp3) is 0.429. The van der Waals surface area contributed by atoms with Crippen LogP contribution in [0.5, 0.6) is 0 Å². The maximum atomic E-state index is 5.78. The van der Waals surface area contributed by atoms with E-state index in [1.165, 1.54) is 11.3 Å². The Labute approximate surface area is 108 Å². The van der Waals surface area contributed by atoms with Gasteiger partial charge in [0.2, 0.25) is 0 Å². The maximum absolute atomic E-state index is 5.78. The van der Waals surface area contributed by atoms with Crippen LogP contribution in [0.15, 0.2) is 12.3 Å². The minimum absolute atomic E-state index is 0.596. The van der Waals surface area contributed by atoms with Crippen LogP contribution >= 0.6 is 0 Å². The third-order valence-corrected chi connectivity index (χ3v) is 3.32. The van der Waals surface area contributed by atoms with Gasteiger partial charge in [-0.15, -0.1) is 0 Å². The number of aromatic nitrogens is 3. The smallest absolute Gasteiger partial charge is 0.126 e. The van der Waals surface area contributed by atoms with Gasteiger partial charge in [-0.1, -0.05) is 13.8 Å². The van der Waals surface area contributed by atoms with Crippen LogP contribution in [0.3, 0.4) is 0 Å². The first-order valence-electron chi connectivity index (χ1n) is 6.35. The highest BCUT2D eigenvalue weighted by molar-refractivity contribution is 5.70. The summed E-state index contributed by atoms with van der Waals surface area (Å²) in [6.07, 6.45) is 3.73. The molecular formula is C14H20N4. The lowest BCUT2D eigenvalue weighted by atomic mass is 10.0. The molecule has 4 heteroatoms. The zero-order valence-electron chi connectivity index (χ0n) is 11.5. The lowest BCUT2D eigenvalue weighted by molar-refractivity contribution is 0.705. The standard InChI is InChI=1S/C14H20N4/c1-5-11-13(12(6-2)18(4)17-11)10-7-9(3)14(15)16-8-10/h7-8H,5-6H2,1-4H3,(H2,15,16). The van der Waals surface area contributed by atoms with Crippen LogP contribution in [0, 0.1) is 6.92 Å². The summed E-state index contributed by atoms with van der Waals surface area (Å²) in [6, 6.07) is 2.09. The lowest BCUT2D eigenvalue weighted by Gasteiger charge is -2.07. The molecule has 0 aliphatic carbocycles. The van der Waals surface area contributed by atoms with Crippen molar-refractivity contribution < 1.29 is 0 Å². The largest absolute Gasteiger partial charge is 0.383 e. The molecule has 0 spiro atoms. The van der Waals surface area contributed by atoms with Gasteiger partial charge in [-0.3, -0.25) is 4.68 Å². The van der Waals surface area contributed by atoms with Crippen molar-refractivity contribution in [2.24, 2.45) is 7.05 Å². The van der Waals surface area contributed by atoms with Crippen molar-refractivity contribution in [1.82, 2.24) is 14.8 Å². The van der Waals surface area contributed by atoms with Gasteiger partial charge in [-0.25, -0.2) is 4.98 Å². The lowest BCUT2D eigenvalue weighted by Crippen LogP contribution is -1.98. The van der Waals surface area contributed by atoms with E-state index in [2.05, 4.69) is 30.0 Å². The Bertz CT molecular complexity index is 569. The van der Waals surface area contributed by atoms with Crippen LogP contribution in [0.25, 0.3) is 11.1 Å². The van der Waals surface area contributed by atoms with Crippen LogP contribution < -0.4 is 5.73 Å². The number of nitrogens with two attached hydrogens (primary N) is 1. The van der Waals surface area contributed by atoms with Crippen molar-refractivity contribution in [3.63, 3.8) is 0 Å². The Balaban J connectivity index is 2.64. The van der Waals surface area contributed by atoms with Gasteiger partial charge in [-0.2, -0.15) is 5.10 Å². The van der Waals surface area contributed by atoms with Crippen LogP contribution in [0.4, 0.5) is 5.82 Å². The average molecular weight is 244 g/mol. The number of hydrogen-bond acceptors (Lipinski definition) is 3. The van der Waals surface area contributed by atoms with Gasteiger partial charge in [0.15, 0.2) is 0 Å². The molecule has 2 N–H and O–H groups in total. The molecule has 0 bridgehead atoms. The summed E-state index contributed by atoms with van der Waals surface area (Å²) in [6.45, 7) is 6.26. The van der Waals surface area contributed by atoms with E-state index in [0.29, 0.717) is 5.82 Å². The highest BCUT2D eigenvalue weighted by Crippen LogP contribution is 2.29. The molecular weight excluding hydrogens is 224 g/mol. The van der Waals surface area contributed by atoms with Gasteiger partial charge in [0.1, 0.15) is 5.82 Å². The molecule has 0 saturated heterocycles. The predicted octanol–water partition coefficient (Wildman–Crippen LogP) is 2.50. The Hall–Kier alpha value is -1.84. The topological polar surface area (TPSA) is 56.7 Å². The summed E-state index contributed by atoms with van der Waals surface area (Å²) in [5.41, 5.74) is 11.5. The molecule has 2 heterocycles. The van der Waals surface area contributed by atoms with Crippen LogP contribution in [-0.4, -0.2) is 14.8 Å². The fourth-order valence-electron chi connectivity index (χ4n) is 2.33. The van der Waals surface area contributed by atoms with Crippen molar-refractivity contribution in [2.75, 3.05) is 5.73 Å². The highest BCUT2D eigenvalue weighted by Gasteiger charge is 2.16. The van der Waals surface area contributed by atoms with E-state index >= 15 is 0 Å². The monoisotopic (exact) mass is 244 g/mol. The van der Waals surface area contributed by atoms with Gasteiger partial charge in [0.05, 0.1) is 5.69 Å². The third-order valence-electron chi connectivity index (χ3n) is 3.32. The van der Waals surface area contributed by atoms with Crippen LogP contribution in [0.1, 0.15) is 30.8 Å². The van der Waals surface area contributed by atoms with Crippen molar-refractivity contribution in [3.05, 3.63) is 29.2 Å². The van der Waals surface area contributed by atoms with E-state index in [9.17, 15) is 0 Å². The molecule has 0 aliphatic heterocycles. The molecule has 0 atom stereocenters. The van der Waals surface area contributed by atoms with Gasteiger partial charge >= 0.3 is 0 Å². The van der Waals surface area contributed by atoms with E-state index in [1.807, 2.05) is 24.9 Å². The molecule has 0 unspecified atom stereocenters. The quantitative estimate of drug-likeness (QED) is 0.902. The van der Waals surface area contributed by atoms with Gasteiger partial charge in [-0.05, 0) is 31.4 Å². The molecule has 0 amide bonds. The second kappa shape index (κ2) is 4.80. The highest BCUT2D eigenvalue weighted by atomic mass is 15.3. The summed E-state index contributed by atoms with van der Waals surface area (Å²) >= 11 is 0. The molecule has 0 aliphatic rings. The zero-order chi connectivity index (χ0) is 13.3. The summed E-state index contributed by atoms with van der Waals surface area (Å²) in [5, 5.41) is 4.59. The summed E-state index contributed by atoms with van der Waals surface area (Å²) in [5.74, 6) is 0.596. The van der Waals surface area contributed by atoms with Crippen LogP contribution in [0.2, 0.25) is 0 Å². The predicted molar refractivity (Wildman–Crippen MR) is 74.3 cm³/mol. The first kappa shape index (κ1) is 12.6. The molecule has 18 heavy (non-hydrogen) atoms. The SMILES string of the molecule is CCc1nn(C)c(CC)c1-c1cnc(N)c(C)c1. The van der Waals surface area contributed by atoms with Gasteiger partial charge in [0.25, 0.3) is 0 Å². The summed E-state index contributed by atoms with van der Waals surface area (Å²) in [4.78, 5) is 4.26. The number of nitrogens with zero attached hydrogens (tertiary/aromatic N) is 3. The molecule has 0 saturated carbocycles. The number of aryl methyl sites for hydroxylation is 3. The van der Waals surface area contributed by atoms with Crippen molar-refractivity contribution in [1.29, 1.82) is 0 Å². The molecule has 2 aromatic heterocycles. The normalized spacial score (nSPS) is 10.9. The van der Waals surface area contributed by atoms with Gasteiger partial charge < -0.3 is 5.73 Å². The average Bonchev–Trinajstić information content (AvgIpc) is 2.68. The van der Waals surface area contributed by atoms with E-state index < -0.39 is 0 Å². The van der Waals surface area contributed by atoms with Crippen LogP contribution in [-0.2, 0) is 19.9 Å². The Morgan fingerprint density at radius 1 is 1.28 bits per heavy atom. The number of nitrogen functional groups attached to an aromatic ring is 1. The fourth-order valence-corrected chi connectivity index (χ4v) is 2.33. The number of pyridine rings is 1. The van der Waals surface area contributed by atoms with E-state index in [4.69, 9.17) is 5.73 Å². The van der Waals surface area contributed by atoms with Gasteiger partial charge in [0, 0.05) is 30.1 Å². The Morgan fingerprint density at radius 3 is 2.56 bits per heavy atom. The van der Waals surface area contributed by atoms with Crippen molar-refractivity contribution in [3.8, 4) is 11.1 Å². The van der Waals surface area contributed by atoms with Crippen molar-refractivity contribution in [2.45, 2.75) is 33.6 Å². The number of rotatable bonds is 3. The Kier molecular flexibility index (Phi) is 3.36. The molecule has 0 radical (unpaired) electrons. The minimum Gasteiger partial charge on any atom is -0.383 e. The molecule has 4 nitrogen and oxygen atoms in total. The summed E-state index contributed by atoms with van der Waals surface area (Å²) in [7, 11) is 2.00. The summed E-state index contributed by atoms with van der Waals surface area (Å²) < 4.78 is 1.97. The minimum atomic E-state index is 0.596. The zero-order valence-corrected chi connectivity index (χ0v) is 11.5. The molecule has 0 fully saturated rings. The van der Waals surface area contributed by atoms with E-state index in [-0.39, 0.29) is 0 Å². The first-order chi connectivity index (χ1) is 8.58. The second-order valence-electron chi connectivity index (χ2n) is 4.53. The molecule has 2 aromatic rings. The van der Waals surface area contributed by atoms with E-state index in [0.717, 1.165) is 29.7 Å². The van der Waals surface area contributed by atoms with E-state index in [1.54, 1.807) is 0 Å². The second-order valence-corrected chi connectivity index (χ2v) is 4.53. The Morgan fingerprint density at radius 2 is 2.00 bits per heavy atom. The molecule has 96 valence electrons. The number of anilines is 1.